The van der Waals surface area contributed by atoms with E-state index in [4.69, 9.17) is 4.74 Å². The maximum Gasteiger partial charge on any atom is 0.246 e. The first-order valence-corrected chi connectivity index (χ1v) is 11.0. The number of carbonyl (C=O) groups excluding carboxylic acids is 2. The van der Waals surface area contributed by atoms with Crippen LogP contribution >= 0.6 is 0 Å². The van der Waals surface area contributed by atoms with Crippen molar-refractivity contribution in [3.8, 4) is 5.75 Å². The maximum atomic E-state index is 13.9. The third kappa shape index (κ3) is 6.55. The van der Waals surface area contributed by atoms with Gasteiger partial charge in [-0.3, -0.25) is 9.59 Å². The molecule has 2 aromatic rings. The van der Waals surface area contributed by atoms with Gasteiger partial charge in [-0.25, -0.2) is 0 Å². The van der Waals surface area contributed by atoms with Gasteiger partial charge in [0.15, 0.2) is 0 Å². The van der Waals surface area contributed by atoms with Gasteiger partial charge >= 0.3 is 0 Å². The van der Waals surface area contributed by atoms with Crippen LogP contribution in [0.5, 0.6) is 5.75 Å². The van der Waals surface area contributed by atoms with E-state index in [0.717, 1.165) is 16.9 Å². The summed E-state index contributed by atoms with van der Waals surface area (Å²) in [7, 11) is 7.65. The number of rotatable bonds is 8. The molecular formula is C25H34N4O3. The van der Waals surface area contributed by atoms with Crippen LogP contribution in [-0.2, 0) is 22.6 Å². The van der Waals surface area contributed by atoms with Crippen molar-refractivity contribution in [1.29, 1.82) is 0 Å². The van der Waals surface area contributed by atoms with Crippen molar-refractivity contribution in [3.05, 3.63) is 65.7 Å². The van der Waals surface area contributed by atoms with Crippen molar-refractivity contribution in [2.45, 2.75) is 25.0 Å². The lowest BCUT2D eigenvalue weighted by Gasteiger charge is -2.34. The summed E-state index contributed by atoms with van der Waals surface area (Å²) in [5, 5.41) is 2.99. The zero-order valence-corrected chi connectivity index (χ0v) is 19.5. The average molecular weight is 439 g/mol. The number of ether oxygens (including phenoxy) is 1. The molecule has 3 rings (SSSR count). The minimum atomic E-state index is -0.653. The molecule has 1 N–H and O–H groups in total. The lowest BCUT2D eigenvalue weighted by Crippen LogP contribution is -2.56. The predicted molar refractivity (Wildman–Crippen MR) is 125 cm³/mol. The summed E-state index contributed by atoms with van der Waals surface area (Å²) in [6, 6.07) is 16.9. The van der Waals surface area contributed by atoms with E-state index in [0.29, 0.717) is 26.1 Å². The number of benzene rings is 2. The molecule has 32 heavy (non-hydrogen) atoms. The van der Waals surface area contributed by atoms with Gasteiger partial charge in [0.2, 0.25) is 11.8 Å². The van der Waals surface area contributed by atoms with Crippen molar-refractivity contribution in [2.24, 2.45) is 0 Å². The van der Waals surface area contributed by atoms with E-state index in [1.165, 1.54) is 0 Å². The van der Waals surface area contributed by atoms with Gasteiger partial charge in [-0.15, -0.1) is 0 Å². The van der Waals surface area contributed by atoms with Crippen LogP contribution in [0.4, 0.5) is 0 Å². The minimum Gasteiger partial charge on any atom is -0.491 e. The fraction of sp³-hybridized carbons (Fsp3) is 0.440. The Balaban J connectivity index is 1.89. The van der Waals surface area contributed by atoms with E-state index < -0.39 is 6.04 Å². The SMILES string of the molecule is CN(C)CC(=O)N[C@H](Cc1ccccc1)C(=O)N1Cc2ccccc2OC[C@H]1CN(C)C. The highest BCUT2D eigenvalue weighted by molar-refractivity contribution is 5.89. The first-order valence-electron chi connectivity index (χ1n) is 11.0. The second-order valence-electron chi connectivity index (χ2n) is 8.85. The molecule has 7 heteroatoms. The van der Waals surface area contributed by atoms with Crippen molar-refractivity contribution in [3.63, 3.8) is 0 Å². The van der Waals surface area contributed by atoms with Crippen molar-refractivity contribution < 1.29 is 14.3 Å². The number of para-hydroxylation sites is 1. The van der Waals surface area contributed by atoms with Crippen LogP contribution in [0, 0.1) is 0 Å². The molecule has 2 atom stereocenters. The molecule has 0 saturated heterocycles. The first kappa shape index (κ1) is 23.8. The Morgan fingerprint density at radius 1 is 1.03 bits per heavy atom. The smallest absolute Gasteiger partial charge is 0.246 e. The van der Waals surface area contributed by atoms with Crippen LogP contribution in [0.15, 0.2) is 54.6 Å². The second kappa shape index (κ2) is 11.1. The number of nitrogens with one attached hydrogen (secondary N) is 1. The van der Waals surface area contributed by atoms with Gasteiger partial charge in [0.05, 0.1) is 12.6 Å². The molecule has 0 unspecified atom stereocenters. The highest BCUT2D eigenvalue weighted by Crippen LogP contribution is 2.26. The van der Waals surface area contributed by atoms with Gasteiger partial charge in [-0.05, 0) is 39.8 Å². The summed E-state index contributed by atoms with van der Waals surface area (Å²) in [4.78, 5) is 32.2. The molecule has 172 valence electrons. The second-order valence-corrected chi connectivity index (χ2v) is 8.85. The summed E-state index contributed by atoms with van der Waals surface area (Å²) in [5.74, 6) is 0.552. The van der Waals surface area contributed by atoms with Crippen molar-refractivity contribution >= 4 is 11.8 Å². The van der Waals surface area contributed by atoms with E-state index in [1.807, 2.05) is 87.7 Å². The number of fused-ring (bicyclic) bond motifs is 1. The van der Waals surface area contributed by atoms with E-state index in [9.17, 15) is 9.59 Å². The van der Waals surface area contributed by atoms with Crippen LogP contribution in [-0.4, -0.2) is 86.5 Å². The van der Waals surface area contributed by atoms with Gasteiger partial charge in [0.25, 0.3) is 0 Å². The monoisotopic (exact) mass is 438 g/mol. The summed E-state index contributed by atoms with van der Waals surface area (Å²) in [6.07, 6.45) is 0.437. The third-order valence-corrected chi connectivity index (χ3v) is 5.42. The molecule has 1 aliphatic rings. The third-order valence-electron chi connectivity index (χ3n) is 5.42. The van der Waals surface area contributed by atoms with Gasteiger partial charge in [-0.1, -0.05) is 48.5 Å². The Hall–Kier alpha value is -2.90. The number of hydrogen-bond acceptors (Lipinski definition) is 5. The topological polar surface area (TPSA) is 65.1 Å². The predicted octanol–water partition coefficient (Wildman–Crippen LogP) is 1.63. The molecule has 1 heterocycles. The number of nitrogens with zero attached hydrogens (tertiary/aromatic N) is 3. The number of likely N-dealkylation sites (N-methyl/N-ethyl adjacent to an activating group) is 2. The molecule has 0 aliphatic carbocycles. The Kier molecular flexibility index (Phi) is 8.25. The Bertz CT molecular complexity index is 901. The van der Waals surface area contributed by atoms with Crippen LogP contribution in [0.3, 0.4) is 0 Å². The quantitative estimate of drug-likeness (QED) is 0.679. The molecular weight excluding hydrogens is 404 g/mol. The van der Waals surface area contributed by atoms with Crippen molar-refractivity contribution in [2.75, 3.05) is 47.9 Å². The molecule has 0 aromatic heterocycles. The Morgan fingerprint density at radius 3 is 2.41 bits per heavy atom. The number of carbonyl (C=O) groups is 2. The van der Waals surface area contributed by atoms with E-state index in [-0.39, 0.29) is 24.4 Å². The number of amides is 2. The Labute approximate surface area is 190 Å². The molecule has 0 saturated carbocycles. The summed E-state index contributed by atoms with van der Waals surface area (Å²) >= 11 is 0. The largest absolute Gasteiger partial charge is 0.491 e. The summed E-state index contributed by atoms with van der Waals surface area (Å²) < 4.78 is 6.06. The molecule has 0 bridgehead atoms. The van der Waals surface area contributed by atoms with Crippen LogP contribution < -0.4 is 10.1 Å². The lowest BCUT2D eigenvalue weighted by atomic mass is 10.0. The van der Waals surface area contributed by atoms with Gasteiger partial charge < -0.3 is 24.8 Å². The van der Waals surface area contributed by atoms with Crippen LogP contribution in [0.25, 0.3) is 0 Å². The molecule has 2 aromatic carbocycles. The standard InChI is InChI=1S/C25H34N4O3/c1-27(2)16-21-18-32-23-13-9-8-12-20(23)15-29(21)25(31)22(26-24(30)17-28(3)4)14-19-10-6-5-7-11-19/h5-13,21-22H,14-18H2,1-4H3,(H,26,30)/t21-,22-/m1/s1. The molecule has 0 fully saturated rings. The average Bonchev–Trinajstić information content (AvgIpc) is 2.92. The van der Waals surface area contributed by atoms with E-state index in [2.05, 4.69) is 10.2 Å². The Morgan fingerprint density at radius 2 is 1.72 bits per heavy atom. The highest BCUT2D eigenvalue weighted by atomic mass is 16.5. The normalized spacial score (nSPS) is 16.8. The summed E-state index contributed by atoms with van der Waals surface area (Å²) in [5.41, 5.74) is 1.98. The minimum absolute atomic E-state index is 0.0897. The maximum absolute atomic E-state index is 13.9. The van der Waals surface area contributed by atoms with E-state index >= 15 is 0 Å². The fourth-order valence-corrected chi connectivity index (χ4v) is 3.97. The lowest BCUT2D eigenvalue weighted by molar-refractivity contribution is -0.139. The van der Waals surface area contributed by atoms with Gasteiger partial charge in [0.1, 0.15) is 18.4 Å². The van der Waals surface area contributed by atoms with Crippen molar-refractivity contribution in [1.82, 2.24) is 20.0 Å². The molecule has 0 spiro atoms. The van der Waals surface area contributed by atoms with E-state index in [1.54, 1.807) is 4.90 Å². The zero-order valence-electron chi connectivity index (χ0n) is 19.5. The van der Waals surface area contributed by atoms with Crippen LogP contribution in [0.1, 0.15) is 11.1 Å². The molecule has 2 amide bonds. The van der Waals surface area contributed by atoms with Crippen LogP contribution in [0.2, 0.25) is 0 Å². The molecule has 0 radical (unpaired) electrons. The molecule has 1 aliphatic heterocycles. The zero-order chi connectivity index (χ0) is 23.1. The fourth-order valence-electron chi connectivity index (χ4n) is 3.97. The van der Waals surface area contributed by atoms with Gasteiger partial charge in [-0.2, -0.15) is 0 Å². The number of hydrogen-bond donors (Lipinski definition) is 1. The highest BCUT2D eigenvalue weighted by Gasteiger charge is 2.34. The molecule has 7 nitrogen and oxygen atoms in total. The summed E-state index contributed by atoms with van der Waals surface area (Å²) in [6.45, 7) is 1.75. The van der Waals surface area contributed by atoms with Gasteiger partial charge in [0, 0.05) is 25.1 Å². The first-order chi connectivity index (χ1) is 15.3.